The Balaban J connectivity index is 1.97. The Bertz CT molecular complexity index is 273. The molecule has 2 rings (SSSR count). The number of hydrogen-bond donors (Lipinski definition) is 1. The van der Waals surface area contributed by atoms with E-state index in [-0.39, 0.29) is 11.6 Å². The summed E-state index contributed by atoms with van der Waals surface area (Å²) < 4.78 is 11.1. The van der Waals surface area contributed by atoms with Crippen LogP contribution in [0.4, 0.5) is 0 Å². The van der Waals surface area contributed by atoms with E-state index < -0.39 is 0 Å². The maximum Gasteiger partial charge on any atom is 0.133 e. The lowest BCUT2D eigenvalue weighted by molar-refractivity contribution is -0.0394. The van der Waals surface area contributed by atoms with Gasteiger partial charge in [0.25, 0.3) is 0 Å². The van der Waals surface area contributed by atoms with Gasteiger partial charge in [0.05, 0.1) is 12.9 Å². The Labute approximate surface area is 84.4 Å². The molecule has 1 N–H and O–H groups in total. The molecule has 0 radical (unpaired) electrons. The molecule has 0 amide bonds. The maximum absolute atomic E-state index is 5.77. The predicted octanol–water partition coefficient (Wildman–Crippen LogP) is 2.11. The monoisotopic (exact) mass is 195 g/mol. The van der Waals surface area contributed by atoms with Crippen molar-refractivity contribution in [3.8, 4) is 0 Å². The van der Waals surface area contributed by atoms with Crippen LogP contribution >= 0.6 is 0 Å². The van der Waals surface area contributed by atoms with E-state index >= 15 is 0 Å². The number of hydrogen-bond acceptors (Lipinski definition) is 3. The lowest BCUT2D eigenvalue weighted by atomic mass is 9.98. The zero-order valence-corrected chi connectivity index (χ0v) is 8.75. The molecule has 1 aliphatic rings. The van der Waals surface area contributed by atoms with Gasteiger partial charge < -0.3 is 14.5 Å². The largest absolute Gasteiger partial charge is 0.467 e. The summed E-state index contributed by atoms with van der Waals surface area (Å²) in [5.74, 6) is 0.913. The van der Waals surface area contributed by atoms with Gasteiger partial charge in [-0.1, -0.05) is 6.92 Å². The fourth-order valence-electron chi connectivity index (χ4n) is 1.62. The molecule has 0 aliphatic carbocycles. The summed E-state index contributed by atoms with van der Waals surface area (Å²) in [7, 11) is 0. The Morgan fingerprint density at radius 3 is 3.00 bits per heavy atom. The Kier molecular flexibility index (Phi) is 2.61. The number of furan rings is 1. The van der Waals surface area contributed by atoms with Crippen LogP contribution in [0.25, 0.3) is 0 Å². The maximum atomic E-state index is 5.77. The molecule has 3 nitrogen and oxygen atoms in total. The second-order valence-corrected chi connectivity index (χ2v) is 4.11. The SMILES string of the molecule is CCC1(C)COC(c2ccco2)CN1. The van der Waals surface area contributed by atoms with E-state index in [0.717, 1.165) is 25.3 Å². The lowest BCUT2D eigenvalue weighted by Gasteiger charge is -2.37. The first-order valence-electron chi connectivity index (χ1n) is 5.13. The van der Waals surface area contributed by atoms with Crippen molar-refractivity contribution in [1.82, 2.24) is 5.32 Å². The fourth-order valence-corrected chi connectivity index (χ4v) is 1.62. The highest BCUT2D eigenvalue weighted by Crippen LogP contribution is 2.25. The highest BCUT2D eigenvalue weighted by Gasteiger charge is 2.31. The van der Waals surface area contributed by atoms with Gasteiger partial charge in [-0.2, -0.15) is 0 Å². The summed E-state index contributed by atoms with van der Waals surface area (Å²) in [5, 5.41) is 3.50. The summed E-state index contributed by atoms with van der Waals surface area (Å²) in [5.41, 5.74) is 0.128. The first-order chi connectivity index (χ1) is 6.73. The lowest BCUT2D eigenvalue weighted by Crippen LogP contribution is -2.52. The summed E-state index contributed by atoms with van der Waals surface area (Å²) in [4.78, 5) is 0. The van der Waals surface area contributed by atoms with E-state index in [1.54, 1.807) is 6.26 Å². The van der Waals surface area contributed by atoms with Crippen LogP contribution in [-0.4, -0.2) is 18.7 Å². The van der Waals surface area contributed by atoms with Crippen molar-refractivity contribution in [2.75, 3.05) is 13.2 Å². The van der Waals surface area contributed by atoms with Gasteiger partial charge in [-0.25, -0.2) is 0 Å². The van der Waals surface area contributed by atoms with Gasteiger partial charge in [0.15, 0.2) is 0 Å². The average Bonchev–Trinajstić information content (AvgIpc) is 2.72. The molecule has 1 fully saturated rings. The predicted molar refractivity (Wildman–Crippen MR) is 54.1 cm³/mol. The molecule has 1 aromatic heterocycles. The molecule has 78 valence electrons. The third kappa shape index (κ3) is 1.83. The van der Waals surface area contributed by atoms with E-state index in [1.807, 2.05) is 12.1 Å². The minimum absolute atomic E-state index is 0.0737. The zero-order chi connectivity index (χ0) is 10.0. The van der Waals surface area contributed by atoms with Crippen LogP contribution in [0, 0.1) is 0 Å². The van der Waals surface area contributed by atoms with Crippen molar-refractivity contribution >= 4 is 0 Å². The van der Waals surface area contributed by atoms with Crippen molar-refractivity contribution in [3.05, 3.63) is 24.2 Å². The van der Waals surface area contributed by atoms with Crippen molar-refractivity contribution in [2.45, 2.75) is 31.9 Å². The molecule has 1 saturated heterocycles. The van der Waals surface area contributed by atoms with E-state index in [4.69, 9.17) is 9.15 Å². The van der Waals surface area contributed by atoms with Gasteiger partial charge in [-0.15, -0.1) is 0 Å². The second kappa shape index (κ2) is 3.75. The standard InChI is InChI=1S/C11H17NO2/c1-3-11(2)8-14-10(7-12-11)9-5-4-6-13-9/h4-6,10,12H,3,7-8H2,1-2H3. The Hall–Kier alpha value is -0.800. The molecule has 0 saturated carbocycles. The van der Waals surface area contributed by atoms with Crippen molar-refractivity contribution in [1.29, 1.82) is 0 Å². The summed E-state index contributed by atoms with van der Waals surface area (Å²) in [6.45, 7) is 5.93. The van der Waals surface area contributed by atoms with E-state index in [0.29, 0.717) is 0 Å². The van der Waals surface area contributed by atoms with Crippen LogP contribution < -0.4 is 5.32 Å². The van der Waals surface area contributed by atoms with Crippen molar-refractivity contribution in [3.63, 3.8) is 0 Å². The zero-order valence-electron chi connectivity index (χ0n) is 8.75. The van der Waals surface area contributed by atoms with Crippen LogP contribution in [0.1, 0.15) is 32.1 Å². The molecule has 0 spiro atoms. The fraction of sp³-hybridized carbons (Fsp3) is 0.636. The molecule has 2 unspecified atom stereocenters. The molecule has 1 aromatic rings. The van der Waals surface area contributed by atoms with Gasteiger partial charge in [-0.05, 0) is 25.5 Å². The highest BCUT2D eigenvalue weighted by atomic mass is 16.5. The molecule has 0 aromatic carbocycles. The third-order valence-electron chi connectivity index (χ3n) is 2.96. The smallest absolute Gasteiger partial charge is 0.133 e. The van der Waals surface area contributed by atoms with Crippen LogP contribution in [0.15, 0.2) is 22.8 Å². The Morgan fingerprint density at radius 2 is 2.50 bits per heavy atom. The third-order valence-corrected chi connectivity index (χ3v) is 2.96. The average molecular weight is 195 g/mol. The number of nitrogens with one attached hydrogen (secondary N) is 1. The highest BCUT2D eigenvalue weighted by molar-refractivity contribution is 5.05. The van der Waals surface area contributed by atoms with E-state index in [1.165, 1.54) is 0 Å². The first-order valence-corrected chi connectivity index (χ1v) is 5.13. The molecular weight excluding hydrogens is 178 g/mol. The minimum atomic E-state index is 0.0737. The molecule has 2 atom stereocenters. The van der Waals surface area contributed by atoms with Gasteiger partial charge >= 0.3 is 0 Å². The van der Waals surface area contributed by atoms with Gasteiger partial charge in [0.2, 0.25) is 0 Å². The van der Waals surface area contributed by atoms with E-state index in [2.05, 4.69) is 19.2 Å². The van der Waals surface area contributed by atoms with Crippen LogP contribution in [0.3, 0.4) is 0 Å². The Morgan fingerprint density at radius 1 is 1.64 bits per heavy atom. The number of rotatable bonds is 2. The van der Waals surface area contributed by atoms with Crippen LogP contribution in [0.5, 0.6) is 0 Å². The van der Waals surface area contributed by atoms with Gasteiger partial charge in [0, 0.05) is 12.1 Å². The molecular formula is C11H17NO2. The van der Waals surface area contributed by atoms with Crippen LogP contribution in [0.2, 0.25) is 0 Å². The normalized spacial score (nSPS) is 33.1. The molecule has 0 bridgehead atoms. The number of ether oxygens (including phenoxy) is 1. The summed E-state index contributed by atoms with van der Waals surface area (Å²) in [6.07, 6.45) is 2.84. The molecule has 1 aliphatic heterocycles. The molecule has 2 heterocycles. The van der Waals surface area contributed by atoms with Crippen LogP contribution in [-0.2, 0) is 4.74 Å². The molecule has 14 heavy (non-hydrogen) atoms. The van der Waals surface area contributed by atoms with Crippen molar-refractivity contribution < 1.29 is 9.15 Å². The topological polar surface area (TPSA) is 34.4 Å². The quantitative estimate of drug-likeness (QED) is 0.784. The number of morpholine rings is 1. The van der Waals surface area contributed by atoms with Gasteiger partial charge in [0.1, 0.15) is 11.9 Å². The summed E-state index contributed by atoms with van der Waals surface area (Å²) in [6, 6.07) is 3.85. The van der Waals surface area contributed by atoms with Crippen molar-refractivity contribution in [2.24, 2.45) is 0 Å². The van der Waals surface area contributed by atoms with Gasteiger partial charge in [-0.3, -0.25) is 0 Å². The van der Waals surface area contributed by atoms with E-state index in [9.17, 15) is 0 Å². The first kappa shape index (κ1) is 9.74. The molecule has 3 heteroatoms. The second-order valence-electron chi connectivity index (χ2n) is 4.11. The minimum Gasteiger partial charge on any atom is -0.467 e. The summed E-state index contributed by atoms with van der Waals surface area (Å²) >= 11 is 0.